The van der Waals surface area contributed by atoms with Gasteiger partial charge in [-0.2, -0.15) is 0 Å². The van der Waals surface area contributed by atoms with Crippen LogP contribution >= 0.6 is 0 Å². The molecule has 0 aromatic heterocycles. The summed E-state index contributed by atoms with van der Waals surface area (Å²) in [6.07, 6.45) is 4.38. The van der Waals surface area contributed by atoms with Crippen molar-refractivity contribution in [2.75, 3.05) is 31.2 Å². The van der Waals surface area contributed by atoms with Crippen LogP contribution < -0.4 is 10.2 Å². The smallest absolute Gasteiger partial charge is 0.270 e. The highest BCUT2D eigenvalue weighted by atomic mass is 16.6. The lowest BCUT2D eigenvalue weighted by molar-refractivity contribution is -0.384. The van der Waals surface area contributed by atoms with Crippen LogP contribution in [0.4, 0.5) is 11.4 Å². The number of ether oxygens (including phenoxy) is 1. The highest BCUT2D eigenvalue weighted by Gasteiger charge is 2.27. The molecule has 1 saturated heterocycles. The van der Waals surface area contributed by atoms with Crippen LogP contribution in [0.15, 0.2) is 18.2 Å². The summed E-state index contributed by atoms with van der Waals surface area (Å²) in [5, 5.41) is 14.3. The summed E-state index contributed by atoms with van der Waals surface area (Å²) in [5.41, 5.74) is 1.07. The number of hydrogen-bond acceptors (Lipinski definition) is 5. The number of nitrogens with zero attached hydrogens (tertiary/aromatic N) is 2. The average molecular weight is 347 g/mol. The van der Waals surface area contributed by atoms with Crippen molar-refractivity contribution in [1.82, 2.24) is 5.32 Å². The molecule has 1 heterocycles. The molecule has 2 fully saturated rings. The van der Waals surface area contributed by atoms with Gasteiger partial charge < -0.3 is 15.0 Å². The van der Waals surface area contributed by atoms with E-state index in [1.54, 1.807) is 6.07 Å². The number of hydrogen-bond donors (Lipinski definition) is 1. The molecule has 2 aliphatic rings. The molecule has 0 spiro atoms. The van der Waals surface area contributed by atoms with Crippen LogP contribution in [0.3, 0.4) is 0 Å². The van der Waals surface area contributed by atoms with Crippen LogP contribution in [-0.2, 0) is 4.74 Å². The molecule has 7 nitrogen and oxygen atoms in total. The number of nitro benzene ring substituents is 1. The van der Waals surface area contributed by atoms with Crippen molar-refractivity contribution in [3.05, 3.63) is 33.9 Å². The zero-order valence-electron chi connectivity index (χ0n) is 14.6. The lowest BCUT2D eigenvalue weighted by Gasteiger charge is -2.32. The third-order valence-corrected chi connectivity index (χ3v) is 5.22. The number of amides is 1. The van der Waals surface area contributed by atoms with Gasteiger partial charge in [-0.3, -0.25) is 14.9 Å². The predicted octanol–water partition coefficient (Wildman–Crippen LogP) is 2.74. The number of benzene rings is 1. The first-order chi connectivity index (χ1) is 12.1. The number of nitrogens with one attached hydrogen (secondary N) is 1. The molecule has 1 aromatic rings. The number of carbonyl (C=O) groups is 1. The molecule has 1 aromatic carbocycles. The number of rotatable bonds is 4. The van der Waals surface area contributed by atoms with E-state index >= 15 is 0 Å². The van der Waals surface area contributed by atoms with E-state index < -0.39 is 4.92 Å². The van der Waals surface area contributed by atoms with Gasteiger partial charge in [0, 0.05) is 31.3 Å². The quantitative estimate of drug-likeness (QED) is 0.669. The van der Waals surface area contributed by atoms with E-state index in [9.17, 15) is 14.9 Å². The summed E-state index contributed by atoms with van der Waals surface area (Å²) in [6, 6.07) is 4.68. The van der Waals surface area contributed by atoms with Gasteiger partial charge in [0.2, 0.25) is 0 Å². The molecule has 2 atom stereocenters. The van der Waals surface area contributed by atoms with Gasteiger partial charge >= 0.3 is 0 Å². The Kier molecular flexibility index (Phi) is 5.53. The monoisotopic (exact) mass is 347 g/mol. The maximum Gasteiger partial charge on any atom is 0.270 e. The zero-order chi connectivity index (χ0) is 17.8. The molecular weight excluding hydrogens is 322 g/mol. The maximum atomic E-state index is 12.9. The van der Waals surface area contributed by atoms with E-state index in [1.165, 1.54) is 18.6 Å². The standard InChI is InChI=1S/C18H25N3O4/c1-13-4-2-3-5-16(13)19-18(22)15-12-14(21(23)24)6-7-17(15)20-8-10-25-11-9-20/h6-7,12-13,16H,2-5,8-11H2,1H3,(H,19,22). The molecule has 1 aliphatic heterocycles. The minimum absolute atomic E-state index is 0.0566. The normalized spacial score (nSPS) is 24.0. The molecule has 1 aliphatic carbocycles. The highest BCUT2D eigenvalue weighted by Crippen LogP contribution is 2.28. The van der Waals surface area contributed by atoms with E-state index in [4.69, 9.17) is 4.74 Å². The molecule has 25 heavy (non-hydrogen) atoms. The Hall–Kier alpha value is -2.15. The topological polar surface area (TPSA) is 84.7 Å². The van der Waals surface area contributed by atoms with Crippen LogP contribution in [0.2, 0.25) is 0 Å². The van der Waals surface area contributed by atoms with Crippen LogP contribution in [0, 0.1) is 16.0 Å². The van der Waals surface area contributed by atoms with Crippen molar-refractivity contribution in [3.63, 3.8) is 0 Å². The van der Waals surface area contributed by atoms with Crippen molar-refractivity contribution in [2.24, 2.45) is 5.92 Å². The molecular formula is C18H25N3O4. The van der Waals surface area contributed by atoms with Gasteiger partial charge in [-0.15, -0.1) is 0 Å². The summed E-state index contributed by atoms with van der Waals surface area (Å²) >= 11 is 0. The Morgan fingerprint density at radius 2 is 2.00 bits per heavy atom. The second-order valence-electron chi connectivity index (χ2n) is 6.90. The molecule has 2 unspecified atom stereocenters. The Bertz CT molecular complexity index is 643. The second kappa shape index (κ2) is 7.82. The second-order valence-corrected chi connectivity index (χ2v) is 6.90. The Balaban J connectivity index is 1.86. The van der Waals surface area contributed by atoms with Gasteiger partial charge in [0.05, 0.1) is 29.4 Å². The first kappa shape index (κ1) is 17.7. The van der Waals surface area contributed by atoms with Gasteiger partial charge in [-0.25, -0.2) is 0 Å². The fourth-order valence-electron chi connectivity index (χ4n) is 3.68. The Labute approximate surface area is 147 Å². The van der Waals surface area contributed by atoms with E-state index in [0.717, 1.165) is 24.9 Å². The largest absolute Gasteiger partial charge is 0.378 e. The minimum Gasteiger partial charge on any atom is -0.378 e. The molecule has 1 amide bonds. The first-order valence-corrected chi connectivity index (χ1v) is 8.98. The average Bonchev–Trinajstić information content (AvgIpc) is 2.63. The van der Waals surface area contributed by atoms with Gasteiger partial charge in [0.25, 0.3) is 11.6 Å². The molecule has 0 radical (unpaired) electrons. The van der Waals surface area contributed by atoms with Gasteiger partial charge in [-0.1, -0.05) is 19.8 Å². The van der Waals surface area contributed by atoms with Crippen LogP contribution in [0.1, 0.15) is 43.0 Å². The lowest BCUT2D eigenvalue weighted by atomic mass is 9.86. The highest BCUT2D eigenvalue weighted by molar-refractivity contribution is 6.00. The van der Waals surface area contributed by atoms with E-state index in [1.807, 2.05) is 0 Å². The van der Waals surface area contributed by atoms with E-state index in [2.05, 4.69) is 17.1 Å². The van der Waals surface area contributed by atoms with Crippen molar-refractivity contribution >= 4 is 17.3 Å². The third-order valence-electron chi connectivity index (χ3n) is 5.22. The number of carbonyl (C=O) groups excluding carboxylic acids is 1. The van der Waals surface area contributed by atoms with Crippen LogP contribution in [0.25, 0.3) is 0 Å². The summed E-state index contributed by atoms with van der Waals surface area (Å²) in [6.45, 7) is 4.70. The summed E-state index contributed by atoms with van der Waals surface area (Å²) in [4.78, 5) is 25.7. The number of nitro groups is 1. The van der Waals surface area contributed by atoms with Gasteiger partial charge in [0.1, 0.15) is 0 Å². The fraction of sp³-hybridized carbons (Fsp3) is 0.611. The number of morpholine rings is 1. The maximum absolute atomic E-state index is 12.9. The summed E-state index contributed by atoms with van der Waals surface area (Å²) in [7, 11) is 0. The minimum atomic E-state index is -0.455. The number of non-ortho nitro benzene ring substituents is 1. The van der Waals surface area contributed by atoms with Crippen molar-refractivity contribution in [3.8, 4) is 0 Å². The molecule has 1 N–H and O–H groups in total. The van der Waals surface area contributed by atoms with Crippen molar-refractivity contribution in [1.29, 1.82) is 0 Å². The number of anilines is 1. The SMILES string of the molecule is CC1CCCCC1NC(=O)c1cc([N+](=O)[O-])ccc1N1CCOCC1. The Morgan fingerprint density at radius 1 is 1.28 bits per heavy atom. The van der Waals surface area contributed by atoms with Crippen molar-refractivity contribution < 1.29 is 14.5 Å². The molecule has 3 rings (SSSR count). The molecule has 136 valence electrons. The third kappa shape index (κ3) is 4.10. The summed E-state index contributed by atoms with van der Waals surface area (Å²) in [5.74, 6) is 0.215. The molecule has 7 heteroatoms. The predicted molar refractivity (Wildman–Crippen MR) is 95.0 cm³/mol. The fourth-order valence-corrected chi connectivity index (χ4v) is 3.68. The summed E-state index contributed by atoms with van der Waals surface area (Å²) < 4.78 is 5.37. The van der Waals surface area contributed by atoms with E-state index in [-0.39, 0.29) is 17.6 Å². The van der Waals surface area contributed by atoms with Crippen LogP contribution in [-0.4, -0.2) is 43.2 Å². The zero-order valence-corrected chi connectivity index (χ0v) is 14.6. The van der Waals surface area contributed by atoms with Gasteiger partial charge in [0.15, 0.2) is 0 Å². The first-order valence-electron chi connectivity index (χ1n) is 8.98. The Morgan fingerprint density at radius 3 is 2.68 bits per heavy atom. The lowest BCUT2D eigenvalue weighted by Crippen LogP contribution is -2.42. The van der Waals surface area contributed by atoms with E-state index in [0.29, 0.717) is 37.8 Å². The van der Waals surface area contributed by atoms with Crippen molar-refractivity contribution in [2.45, 2.75) is 38.6 Å². The molecule has 1 saturated carbocycles. The van der Waals surface area contributed by atoms with Crippen LogP contribution in [0.5, 0.6) is 0 Å². The molecule has 0 bridgehead atoms. The van der Waals surface area contributed by atoms with Gasteiger partial charge in [-0.05, 0) is 24.8 Å².